The second-order valence-corrected chi connectivity index (χ2v) is 8.67. The van der Waals surface area contributed by atoms with Crippen LogP contribution in [0.5, 0.6) is 0 Å². The Balaban J connectivity index is 1.23. The molecule has 0 aromatic carbocycles. The minimum Gasteiger partial charge on any atom is -0.360 e. The fourth-order valence-electron chi connectivity index (χ4n) is 5.19. The molecule has 2 amide bonds. The first-order valence-electron chi connectivity index (χ1n) is 10.5. The van der Waals surface area contributed by atoms with E-state index in [1.807, 2.05) is 4.90 Å². The summed E-state index contributed by atoms with van der Waals surface area (Å²) in [6.45, 7) is 4.90. The first-order chi connectivity index (χ1) is 13.5. The molecular formula is C20H31N5O3. The number of nitrogens with zero attached hydrogens (tertiary/aromatic N) is 3. The van der Waals surface area contributed by atoms with Crippen LogP contribution in [-0.4, -0.2) is 65.5 Å². The molecule has 3 N–H and O–H groups in total. The number of hydrogen-bond acceptors (Lipinski definition) is 6. The van der Waals surface area contributed by atoms with E-state index in [1.165, 1.54) is 19.3 Å². The average molecular weight is 390 g/mol. The van der Waals surface area contributed by atoms with E-state index in [9.17, 15) is 9.59 Å². The van der Waals surface area contributed by atoms with E-state index >= 15 is 0 Å². The molecule has 2 heterocycles. The van der Waals surface area contributed by atoms with Gasteiger partial charge in [0.15, 0.2) is 5.82 Å². The third-order valence-corrected chi connectivity index (χ3v) is 6.71. The molecule has 2 atom stereocenters. The highest BCUT2D eigenvalue weighted by Gasteiger charge is 2.41. The van der Waals surface area contributed by atoms with Gasteiger partial charge in [-0.25, -0.2) is 0 Å². The summed E-state index contributed by atoms with van der Waals surface area (Å²) in [7, 11) is 0. The van der Waals surface area contributed by atoms with Crippen LogP contribution in [0, 0.1) is 24.7 Å². The van der Waals surface area contributed by atoms with Crippen LogP contribution in [0.25, 0.3) is 0 Å². The van der Waals surface area contributed by atoms with Crippen molar-refractivity contribution < 1.29 is 14.1 Å². The molecule has 2 saturated carbocycles. The van der Waals surface area contributed by atoms with Gasteiger partial charge in [-0.1, -0.05) is 11.6 Å². The Bertz CT molecular complexity index is 698. The lowest BCUT2D eigenvalue weighted by Crippen LogP contribution is -2.54. The van der Waals surface area contributed by atoms with Crippen molar-refractivity contribution in [2.75, 3.05) is 38.0 Å². The first kappa shape index (κ1) is 19.4. The van der Waals surface area contributed by atoms with Gasteiger partial charge in [-0.2, -0.15) is 0 Å². The topological polar surface area (TPSA) is 105 Å². The summed E-state index contributed by atoms with van der Waals surface area (Å²) in [5, 5.41) is 6.52. The van der Waals surface area contributed by atoms with Crippen LogP contribution in [0.15, 0.2) is 10.6 Å². The highest BCUT2D eigenvalue weighted by Crippen LogP contribution is 2.42. The van der Waals surface area contributed by atoms with Gasteiger partial charge < -0.3 is 20.5 Å². The minimum atomic E-state index is -0.109. The van der Waals surface area contributed by atoms with Crippen LogP contribution in [0.3, 0.4) is 0 Å². The number of carbonyl (C=O) groups excluding carboxylic acids is 2. The average Bonchev–Trinajstić information content (AvgIpc) is 3.06. The summed E-state index contributed by atoms with van der Waals surface area (Å²) < 4.78 is 4.96. The first-order valence-corrected chi connectivity index (χ1v) is 10.5. The van der Waals surface area contributed by atoms with Crippen molar-refractivity contribution >= 4 is 17.6 Å². The summed E-state index contributed by atoms with van der Waals surface area (Å²) in [4.78, 5) is 29.3. The zero-order chi connectivity index (χ0) is 19.7. The molecule has 1 saturated heterocycles. The molecule has 2 bridgehead atoms. The van der Waals surface area contributed by atoms with E-state index in [1.54, 1.807) is 13.0 Å². The van der Waals surface area contributed by atoms with Crippen molar-refractivity contribution in [1.29, 1.82) is 0 Å². The van der Waals surface area contributed by atoms with E-state index < -0.39 is 0 Å². The van der Waals surface area contributed by atoms with E-state index in [0.29, 0.717) is 55.0 Å². The van der Waals surface area contributed by atoms with E-state index in [4.69, 9.17) is 10.3 Å². The number of hydrogen-bond donors (Lipinski definition) is 2. The van der Waals surface area contributed by atoms with Gasteiger partial charge in [-0.05, 0) is 44.4 Å². The zero-order valence-corrected chi connectivity index (χ0v) is 16.6. The van der Waals surface area contributed by atoms with Crippen molar-refractivity contribution in [3.63, 3.8) is 0 Å². The van der Waals surface area contributed by atoms with Crippen molar-refractivity contribution in [3.8, 4) is 0 Å². The Labute approximate surface area is 165 Å². The smallest absolute Gasteiger partial charge is 0.239 e. The van der Waals surface area contributed by atoms with Crippen LogP contribution in [-0.2, 0) is 9.59 Å². The second-order valence-electron chi connectivity index (χ2n) is 8.67. The number of aryl methyl sites for hydroxylation is 1. The second kappa shape index (κ2) is 8.21. The minimum absolute atomic E-state index is 0.109. The molecule has 4 rings (SSSR count). The van der Waals surface area contributed by atoms with Gasteiger partial charge in [0.05, 0.1) is 6.54 Å². The highest BCUT2D eigenvalue weighted by molar-refractivity contribution is 5.91. The largest absolute Gasteiger partial charge is 0.360 e. The Morgan fingerprint density at radius 3 is 2.50 bits per heavy atom. The maximum absolute atomic E-state index is 13.0. The van der Waals surface area contributed by atoms with Gasteiger partial charge in [0.1, 0.15) is 5.76 Å². The molecule has 154 valence electrons. The number of fused-ring (bicyclic) bond motifs is 2. The van der Waals surface area contributed by atoms with Crippen LogP contribution >= 0.6 is 0 Å². The number of nitrogens with one attached hydrogen (secondary N) is 1. The quantitative estimate of drug-likeness (QED) is 0.802. The van der Waals surface area contributed by atoms with Crippen molar-refractivity contribution in [3.05, 3.63) is 11.8 Å². The molecule has 1 aromatic heterocycles. The lowest BCUT2D eigenvalue weighted by Gasteiger charge is -2.45. The number of carbonyl (C=O) groups is 2. The fourth-order valence-corrected chi connectivity index (χ4v) is 5.19. The lowest BCUT2D eigenvalue weighted by atomic mass is 9.65. The molecule has 0 radical (unpaired) electrons. The van der Waals surface area contributed by atoms with Crippen LogP contribution in [0.1, 0.15) is 37.9 Å². The number of nitrogens with two attached hydrogens (primary N) is 1. The van der Waals surface area contributed by atoms with Gasteiger partial charge in [-0.3, -0.25) is 14.5 Å². The normalized spacial score (nSPS) is 30.9. The SMILES string of the molecule is Cc1cc(NC(=O)CN2CCN(C(=O)C3CC4CCCC(C3)C4N)CC2)no1. The van der Waals surface area contributed by atoms with Crippen molar-refractivity contribution in [2.45, 2.75) is 45.1 Å². The molecule has 3 fully saturated rings. The predicted molar refractivity (Wildman–Crippen MR) is 104 cm³/mol. The van der Waals surface area contributed by atoms with Gasteiger partial charge in [0.2, 0.25) is 11.8 Å². The predicted octanol–water partition coefficient (Wildman–Crippen LogP) is 1.22. The summed E-state index contributed by atoms with van der Waals surface area (Å²) in [5.74, 6) is 2.47. The number of rotatable bonds is 4. The lowest BCUT2D eigenvalue weighted by molar-refractivity contribution is -0.140. The van der Waals surface area contributed by atoms with Gasteiger partial charge in [0, 0.05) is 44.2 Å². The fraction of sp³-hybridized carbons (Fsp3) is 0.750. The number of piperazine rings is 1. The van der Waals surface area contributed by atoms with Gasteiger partial charge in [0.25, 0.3) is 0 Å². The maximum atomic E-state index is 13.0. The molecule has 2 unspecified atom stereocenters. The molecule has 2 aliphatic carbocycles. The Hall–Kier alpha value is -1.93. The Morgan fingerprint density at radius 1 is 1.21 bits per heavy atom. The van der Waals surface area contributed by atoms with Gasteiger partial charge >= 0.3 is 0 Å². The van der Waals surface area contributed by atoms with Crippen LogP contribution in [0.2, 0.25) is 0 Å². The monoisotopic (exact) mass is 389 g/mol. The van der Waals surface area contributed by atoms with Crippen molar-refractivity contribution in [1.82, 2.24) is 15.0 Å². The van der Waals surface area contributed by atoms with Gasteiger partial charge in [-0.15, -0.1) is 0 Å². The highest BCUT2D eigenvalue weighted by atomic mass is 16.5. The van der Waals surface area contributed by atoms with E-state index in [0.717, 1.165) is 25.9 Å². The zero-order valence-electron chi connectivity index (χ0n) is 16.6. The molecular weight excluding hydrogens is 358 g/mol. The number of amides is 2. The standard InChI is InChI=1S/C20H31N5O3/c1-13-9-17(23-28-13)22-18(26)12-24-5-7-25(8-6-24)20(27)16-10-14-3-2-4-15(11-16)19(14)21/h9,14-16,19H,2-8,10-12,21H2,1H3,(H,22,23,26). The van der Waals surface area contributed by atoms with E-state index in [2.05, 4.69) is 15.4 Å². The Morgan fingerprint density at radius 2 is 1.89 bits per heavy atom. The molecule has 8 nitrogen and oxygen atoms in total. The summed E-state index contributed by atoms with van der Waals surface area (Å²) in [6, 6.07) is 1.99. The molecule has 3 aliphatic rings. The third kappa shape index (κ3) is 4.22. The van der Waals surface area contributed by atoms with Crippen molar-refractivity contribution in [2.24, 2.45) is 23.5 Å². The molecule has 8 heteroatoms. The molecule has 1 aromatic rings. The van der Waals surface area contributed by atoms with Crippen LogP contribution in [0.4, 0.5) is 5.82 Å². The van der Waals surface area contributed by atoms with E-state index in [-0.39, 0.29) is 11.8 Å². The number of aromatic nitrogens is 1. The third-order valence-electron chi connectivity index (χ3n) is 6.71. The van der Waals surface area contributed by atoms with Crippen LogP contribution < -0.4 is 11.1 Å². The summed E-state index contributed by atoms with van der Waals surface area (Å²) >= 11 is 0. The molecule has 1 aliphatic heterocycles. The number of anilines is 1. The molecule has 28 heavy (non-hydrogen) atoms. The Kier molecular flexibility index (Phi) is 5.68. The maximum Gasteiger partial charge on any atom is 0.239 e. The molecule has 0 spiro atoms. The summed E-state index contributed by atoms with van der Waals surface area (Å²) in [6.07, 6.45) is 5.52. The summed E-state index contributed by atoms with van der Waals surface area (Å²) in [5.41, 5.74) is 6.37.